The Bertz CT molecular complexity index is 989. The standard InChI is InChI=1S/C27H36N4O3S/c1-32-25-8-3-6-22(16-25)19-31(20-23-7-4-9-26(17-23)33-2)27-29-24(21-35-27)18-28-10-5-11-30-12-14-34-15-13-30/h3-4,6-9,16-17,21,28H,5,10-15,18-20H2,1-2H3. The molecule has 7 nitrogen and oxygen atoms in total. The maximum absolute atomic E-state index is 5.43. The molecule has 0 aliphatic carbocycles. The largest absolute Gasteiger partial charge is 0.497 e. The van der Waals surface area contributed by atoms with Gasteiger partial charge >= 0.3 is 0 Å². The number of nitrogens with zero attached hydrogens (tertiary/aromatic N) is 3. The Kier molecular flexibility index (Phi) is 9.77. The number of thiazole rings is 1. The molecule has 0 saturated carbocycles. The predicted octanol–water partition coefficient (Wildman–Crippen LogP) is 4.18. The summed E-state index contributed by atoms with van der Waals surface area (Å²) in [6, 6.07) is 16.5. The van der Waals surface area contributed by atoms with Crippen LogP contribution in [0, 0.1) is 0 Å². The minimum Gasteiger partial charge on any atom is -0.497 e. The zero-order valence-corrected chi connectivity index (χ0v) is 21.6. The molecule has 1 fully saturated rings. The highest BCUT2D eigenvalue weighted by Crippen LogP contribution is 2.26. The Morgan fingerprint density at radius 2 is 1.66 bits per heavy atom. The van der Waals surface area contributed by atoms with Crippen molar-refractivity contribution in [2.24, 2.45) is 0 Å². The SMILES string of the molecule is COc1cccc(CN(Cc2cccc(OC)c2)c2nc(CNCCCN3CCOCC3)cs2)c1. The Hall–Kier alpha value is -2.65. The van der Waals surface area contributed by atoms with Crippen LogP contribution in [0.15, 0.2) is 53.9 Å². The van der Waals surface area contributed by atoms with Crippen LogP contribution in [-0.2, 0) is 24.4 Å². The predicted molar refractivity (Wildman–Crippen MR) is 142 cm³/mol. The van der Waals surface area contributed by atoms with E-state index in [0.717, 1.165) is 87.8 Å². The van der Waals surface area contributed by atoms with Crippen molar-refractivity contribution >= 4 is 16.5 Å². The van der Waals surface area contributed by atoms with Crippen LogP contribution in [-0.4, -0.2) is 63.5 Å². The van der Waals surface area contributed by atoms with Crippen LogP contribution in [0.1, 0.15) is 23.2 Å². The monoisotopic (exact) mass is 496 g/mol. The van der Waals surface area contributed by atoms with E-state index in [1.807, 2.05) is 24.3 Å². The van der Waals surface area contributed by atoms with Crippen molar-refractivity contribution in [1.29, 1.82) is 0 Å². The lowest BCUT2D eigenvalue weighted by molar-refractivity contribution is 0.0374. The van der Waals surface area contributed by atoms with E-state index in [2.05, 4.69) is 44.8 Å². The smallest absolute Gasteiger partial charge is 0.186 e. The summed E-state index contributed by atoms with van der Waals surface area (Å²) in [5, 5.41) is 6.73. The molecule has 4 rings (SSSR count). The zero-order valence-electron chi connectivity index (χ0n) is 20.7. The summed E-state index contributed by atoms with van der Waals surface area (Å²) in [4.78, 5) is 9.76. The first-order valence-corrected chi connectivity index (χ1v) is 13.1. The average Bonchev–Trinajstić information content (AvgIpc) is 3.38. The van der Waals surface area contributed by atoms with Crippen LogP contribution >= 0.6 is 11.3 Å². The fourth-order valence-corrected chi connectivity index (χ4v) is 4.99. The summed E-state index contributed by atoms with van der Waals surface area (Å²) in [5.41, 5.74) is 3.45. The van der Waals surface area contributed by atoms with Gasteiger partial charge in [-0.15, -0.1) is 11.3 Å². The van der Waals surface area contributed by atoms with Gasteiger partial charge in [-0.1, -0.05) is 24.3 Å². The summed E-state index contributed by atoms with van der Waals surface area (Å²) in [6.07, 6.45) is 1.13. The summed E-state index contributed by atoms with van der Waals surface area (Å²) in [6.45, 7) is 8.19. The Labute approximate surface area is 212 Å². The highest BCUT2D eigenvalue weighted by molar-refractivity contribution is 7.13. The molecular formula is C27H36N4O3S. The lowest BCUT2D eigenvalue weighted by atomic mass is 10.1. The third-order valence-electron chi connectivity index (χ3n) is 6.06. The van der Waals surface area contributed by atoms with Gasteiger partial charge < -0.3 is 24.4 Å². The quantitative estimate of drug-likeness (QED) is 0.356. The molecule has 8 heteroatoms. The maximum atomic E-state index is 5.43. The fraction of sp³-hybridized carbons (Fsp3) is 0.444. The zero-order chi connectivity index (χ0) is 24.3. The third-order valence-corrected chi connectivity index (χ3v) is 7.01. The molecule has 0 unspecified atom stereocenters. The van der Waals surface area contributed by atoms with Gasteiger partial charge in [0.05, 0.1) is 33.1 Å². The van der Waals surface area contributed by atoms with Crippen LogP contribution in [0.4, 0.5) is 5.13 Å². The molecule has 35 heavy (non-hydrogen) atoms. The minimum atomic E-state index is 0.744. The van der Waals surface area contributed by atoms with Gasteiger partial charge in [0.2, 0.25) is 0 Å². The summed E-state index contributed by atoms with van der Waals surface area (Å²) in [5.74, 6) is 1.73. The summed E-state index contributed by atoms with van der Waals surface area (Å²) < 4.78 is 16.3. The van der Waals surface area contributed by atoms with E-state index in [1.165, 1.54) is 11.1 Å². The molecule has 188 valence electrons. The van der Waals surface area contributed by atoms with Gasteiger partial charge in [0.25, 0.3) is 0 Å². The molecule has 3 aromatic rings. The highest BCUT2D eigenvalue weighted by atomic mass is 32.1. The molecule has 1 aromatic heterocycles. The Morgan fingerprint density at radius 1 is 1.00 bits per heavy atom. The first-order chi connectivity index (χ1) is 17.2. The van der Waals surface area contributed by atoms with E-state index < -0.39 is 0 Å². The number of morpholine rings is 1. The molecule has 1 saturated heterocycles. The van der Waals surface area contributed by atoms with Crippen LogP contribution in [0.3, 0.4) is 0 Å². The number of rotatable bonds is 13. The molecule has 0 amide bonds. The molecule has 2 heterocycles. The van der Waals surface area contributed by atoms with Crippen molar-refractivity contribution in [3.63, 3.8) is 0 Å². The van der Waals surface area contributed by atoms with Gasteiger partial charge in [0.1, 0.15) is 11.5 Å². The normalized spacial score (nSPS) is 14.1. The highest BCUT2D eigenvalue weighted by Gasteiger charge is 2.14. The van der Waals surface area contributed by atoms with E-state index in [4.69, 9.17) is 19.2 Å². The summed E-state index contributed by atoms with van der Waals surface area (Å²) >= 11 is 1.69. The Morgan fingerprint density at radius 3 is 2.29 bits per heavy atom. The number of benzene rings is 2. The molecule has 0 radical (unpaired) electrons. The van der Waals surface area contributed by atoms with E-state index >= 15 is 0 Å². The molecule has 1 N–H and O–H groups in total. The number of nitrogens with one attached hydrogen (secondary N) is 1. The number of hydrogen-bond acceptors (Lipinski definition) is 8. The second-order valence-corrected chi connectivity index (χ2v) is 9.50. The lowest BCUT2D eigenvalue weighted by Crippen LogP contribution is -2.37. The Balaban J connectivity index is 1.37. The number of methoxy groups -OCH3 is 2. The van der Waals surface area contributed by atoms with E-state index in [0.29, 0.717) is 0 Å². The number of anilines is 1. The minimum absolute atomic E-state index is 0.744. The van der Waals surface area contributed by atoms with Gasteiger partial charge in [0.15, 0.2) is 5.13 Å². The number of hydrogen-bond donors (Lipinski definition) is 1. The molecule has 0 bridgehead atoms. The van der Waals surface area contributed by atoms with Crippen molar-refractivity contribution < 1.29 is 14.2 Å². The van der Waals surface area contributed by atoms with Crippen molar-refractivity contribution in [1.82, 2.24) is 15.2 Å². The van der Waals surface area contributed by atoms with Crippen LogP contribution in [0.5, 0.6) is 11.5 Å². The van der Waals surface area contributed by atoms with Crippen molar-refractivity contribution in [2.75, 3.05) is 58.5 Å². The number of aromatic nitrogens is 1. The van der Waals surface area contributed by atoms with Gasteiger partial charge in [-0.2, -0.15) is 0 Å². The second kappa shape index (κ2) is 13.4. The van der Waals surface area contributed by atoms with E-state index in [-0.39, 0.29) is 0 Å². The van der Waals surface area contributed by atoms with Crippen LogP contribution < -0.4 is 19.7 Å². The van der Waals surface area contributed by atoms with E-state index in [9.17, 15) is 0 Å². The van der Waals surface area contributed by atoms with Crippen molar-refractivity contribution in [3.8, 4) is 11.5 Å². The van der Waals surface area contributed by atoms with E-state index in [1.54, 1.807) is 25.6 Å². The molecule has 0 spiro atoms. The fourth-order valence-electron chi connectivity index (χ4n) is 4.17. The van der Waals surface area contributed by atoms with Gasteiger partial charge in [-0.25, -0.2) is 4.98 Å². The number of ether oxygens (including phenoxy) is 3. The molecule has 2 aromatic carbocycles. The first kappa shape index (κ1) is 25.4. The summed E-state index contributed by atoms with van der Waals surface area (Å²) in [7, 11) is 3.41. The first-order valence-electron chi connectivity index (χ1n) is 12.2. The van der Waals surface area contributed by atoms with Gasteiger partial charge in [-0.3, -0.25) is 4.90 Å². The molecule has 0 atom stereocenters. The lowest BCUT2D eigenvalue weighted by Gasteiger charge is -2.26. The molecule has 1 aliphatic rings. The van der Waals surface area contributed by atoms with Gasteiger partial charge in [0, 0.05) is 38.1 Å². The second-order valence-electron chi connectivity index (χ2n) is 8.66. The van der Waals surface area contributed by atoms with Crippen LogP contribution in [0.2, 0.25) is 0 Å². The topological polar surface area (TPSA) is 59.1 Å². The maximum Gasteiger partial charge on any atom is 0.186 e. The van der Waals surface area contributed by atoms with Crippen LogP contribution in [0.25, 0.3) is 0 Å². The molecular weight excluding hydrogens is 460 g/mol. The average molecular weight is 497 g/mol. The van der Waals surface area contributed by atoms with Gasteiger partial charge in [-0.05, 0) is 54.9 Å². The van der Waals surface area contributed by atoms with Crippen molar-refractivity contribution in [2.45, 2.75) is 26.1 Å². The molecule has 1 aliphatic heterocycles. The van der Waals surface area contributed by atoms with Crippen molar-refractivity contribution in [3.05, 3.63) is 70.7 Å². The third kappa shape index (κ3) is 7.93.